The van der Waals surface area contributed by atoms with Crippen molar-refractivity contribution < 1.29 is 14.6 Å². The van der Waals surface area contributed by atoms with E-state index in [1.165, 1.54) is 13.0 Å². The molecule has 2 rings (SSSR count). The van der Waals surface area contributed by atoms with Gasteiger partial charge in [0, 0.05) is 51.5 Å². The van der Waals surface area contributed by atoms with Crippen molar-refractivity contribution >= 4 is 0 Å². The molecule has 1 unspecified atom stereocenters. The van der Waals surface area contributed by atoms with Crippen LogP contribution in [-0.2, 0) is 9.47 Å². The van der Waals surface area contributed by atoms with Crippen LogP contribution in [0.4, 0.5) is 0 Å². The van der Waals surface area contributed by atoms with Crippen LogP contribution in [0, 0.1) is 0 Å². The Balaban J connectivity index is 1.93. The Bertz CT molecular complexity index is 449. The summed E-state index contributed by atoms with van der Waals surface area (Å²) >= 11 is 0. The van der Waals surface area contributed by atoms with E-state index < -0.39 is 0 Å². The number of aliphatic hydroxyl groups is 1. The molecule has 0 aromatic heterocycles. The summed E-state index contributed by atoms with van der Waals surface area (Å²) in [5.74, 6) is 0. The molecular weight excluding hydrogens is 354 g/mol. The van der Waals surface area contributed by atoms with E-state index in [0.29, 0.717) is 12.1 Å². The lowest BCUT2D eigenvalue weighted by Crippen LogP contribution is -2.57. The Morgan fingerprint density at radius 2 is 1.96 bits per heavy atom. The fraction of sp³-hybridized carbons (Fsp3) is 1.00. The standard InChI is InChI=1S/C22H45N3O3/c1-18(2)24-12-7-11-22(17-24,16-23(4)5)28-13-10-19(3)25-14-21(27-6)9-8-20(25)15-26/h18-21,26H,7-17H2,1-6H3/t19?,20-,21-,22-/m1/s1. The van der Waals surface area contributed by atoms with Gasteiger partial charge in [0.15, 0.2) is 0 Å². The lowest BCUT2D eigenvalue weighted by atomic mass is 9.91. The minimum absolute atomic E-state index is 0.0704. The predicted molar refractivity (Wildman–Crippen MR) is 115 cm³/mol. The van der Waals surface area contributed by atoms with Crippen molar-refractivity contribution in [1.29, 1.82) is 0 Å². The molecule has 2 aliphatic rings. The van der Waals surface area contributed by atoms with Crippen molar-refractivity contribution in [2.45, 2.75) is 82.7 Å². The van der Waals surface area contributed by atoms with Crippen LogP contribution in [0.3, 0.4) is 0 Å². The maximum Gasteiger partial charge on any atom is 0.0935 e. The smallest absolute Gasteiger partial charge is 0.0935 e. The Morgan fingerprint density at radius 1 is 1.21 bits per heavy atom. The zero-order valence-corrected chi connectivity index (χ0v) is 19.2. The van der Waals surface area contributed by atoms with Gasteiger partial charge in [0.1, 0.15) is 0 Å². The van der Waals surface area contributed by atoms with Gasteiger partial charge in [-0.25, -0.2) is 0 Å². The minimum Gasteiger partial charge on any atom is -0.395 e. The normalized spacial score (nSPS) is 31.6. The van der Waals surface area contributed by atoms with Crippen molar-refractivity contribution in [3.63, 3.8) is 0 Å². The summed E-state index contributed by atoms with van der Waals surface area (Å²) in [6, 6.07) is 1.20. The minimum atomic E-state index is -0.0704. The van der Waals surface area contributed by atoms with Gasteiger partial charge in [-0.05, 0) is 73.5 Å². The van der Waals surface area contributed by atoms with Gasteiger partial charge in [0.2, 0.25) is 0 Å². The van der Waals surface area contributed by atoms with Gasteiger partial charge < -0.3 is 19.5 Å². The molecule has 0 aliphatic carbocycles. The van der Waals surface area contributed by atoms with Crippen molar-refractivity contribution in [1.82, 2.24) is 14.7 Å². The van der Waals surface area contributed by atoms with Gasteiger partial charge in [0.05, 0.1) is 18.3 Å². The topological polar surface area (TPSA) is 48.4 Å². The zero-order valence-electron chi connectivity index (χ0n) is 19.2. The van der Waals surface area contributed by atoms with Crippen LogP contribution >= 0.6 is 0 Å². The first kappa shape index (κ1) is 24.0. The Kier molecular flexibility index (Phi) is 9.64. The van der Waals surface area contributed by atoms with Crippen molar-refractivity contribution in [2.75, 3.05) is 60.6 Å². The van der Waals surface area contributed by atoms with Crippen LogP contribution in [-0.4, -0.2) is 110 Å². The molecule has 0 aromatic rings. The molecule has 0 saturated carbocycles. The van der Waals surface area contributed by atoms with Crippen molar-refractivity contribution in [3.8, 4) is 0 Å². The molecule has 2 saturated heterocycles. The first-order valence-electron chi connectivity index (χ1n) is 11.2. The zero-order chi connectivity index (χ0) is 20.7. The van der Waals surface area contributed by atoms with Crippen molar-refractivity contribution in [3.05, 3.63) is 0 Å². The molecule has 0 spiro atoms. The quantitative estimate of drug-likeness (QED) is 0.607. The number of ether oxygens (including phenoxy) is 2. The average molecular weight is 400 g/mol. The number of methoxy groups -OCH3 is 1. The molecule has 0 amide bonds. The van der Waals surface area contributed by atoms with E-state index in [1.54, 1.807) is 7.11 Å². The second-order valence-corrected chi connectivity index (χ2v) is 9.54. The summed E-state index contributed by atoms with van der Waals surface area (Å²) in [5, 5.41) is 9.80. The molecule has 166 valence electrons. The molecule has 0 bridgehead atoms. The maximum atomic E-state index is 9.80. The van der Waals surface area contributed by atoms with Gasteiger partial charge in [-0.1, -0.05) is 0 Å². The number of hydrogen-bond acceptors (Lipinski definition) is 6. The summed E-state index contributed by atoms with van der Waals surface area (Å²) in [4.78, 5) is 7.26. The van der Waals surface area contributed by atoms with Gasteiger partial charge in [-0.2, -0.15) is 0 Å². The van der Waals surface area contributed by atoms with E-state index in [9.17, 15) is 5.11 Å². The highest BCUT2D eigenvalue weighted by Crippen LogP contribution is 2.28. The van der Waals surface area contributed by atoms with Crippen LogP contribution in [0.15, 0.2) is 0 Å². The first-order chi connectivity index (χ1) is 13.3. The SMILES string of the molecule is CO[C@@H]1CC[C@H](CO)N(C(C)CCO[C@@]2(CN(C)C)CCCN(C(C)C)C2)C1. The average Bonchev–Trinajstić information content (AvgIpc) is 2.66. The third-order valence-electron chi connectivity index (χ3n) is 6.66. The number of aliphatic hydroxyl groups excluding tert-OH is 1. The monoisotopic (exact) mass is 399 g/mol. The van der Waals surface area contributed by atoms with Gasteiger partial charge in [0.25, 0.3) is 0 Å². The number of likely N-dealkylation sites (tertiary alicyclic amines) is 2. The second-order valence-electron chi connectivity index (χ2n) is 9.54. The fourth-order valence-electron chi connectivity index (χ4n) is 5.00. The molecule has 6 nitrogen and oxygen atoms in total. The predicted octanol–water partition coefficient (Wildman–Crippen LogP) is 2.06. The molecule has 2 fully saturated rings. The number of piperidine rings is 2. The van der Waals surface area contributed by atoms with Gasteiger partial charge in [-0.15, -0.1) is 0 Å². The number of rotatable bonds is 10. The van der Waals surface area contributed by atoms with E-state index in [4.69, 9.17) is 9.47 Å². The first-order valence-corrected chi connectivity index (χ1v) is 11.2. The number of nitrogens with zero attached hydrogens (tertiary/aromatic N) is 3. The molecule has 2 aliphatic heterocycles. The number of likely N-dealkylation sites (N-methyl/N-ethyl adjacent to an activating group) is 1. The van der Waals surface area contributed by atoms with Crippen LogP contribution in [0.25, 0.3) is 0 Å². The molecule has 28 heavy (non-hydrogen) atoms. The van der Waals surface area contributed by atoms with Crippen LogP contribution in [0.2, 0.25) is 0 Å². The molecule has 6 heteroatoms. The lowest BCUT2D eigenvalue weighted by Gasteiger charge is -2.46. The summed E-state index contributed by atoms with van der Waals surface area (Å²) < 4.78 is 12.2. The maximum absolute atomic E-state index is 9.80. The molecule has 2 heterocycles. The second kappa shape index (κ2) is 11.2. The van der Waals surface area contributed by atoms with Crippen LogP contribution in [0.1, 0.15) is 52.9 Å². The Labute approximate surface area is 173 Å². The Morgan fingerprint density at radius 3 is 2.57 bits per heavy atom. The van der Waals surface area contributed by atoms with Crippen LogP contribution in [0.5, 0.6) is 0 Å². The van der Waals surface area contributed by atoms with Gasteiger partial charge in [-0.3, -0.25) is 9.80 Å². The molecule has 0 aromatic carbocycles. The molecule has 0 radical (unpaired) electrons. The third-order valence-corrected chi connectivity index (χ3v) is 6.66. The highest BCUT2D eigenvalue weighted by molar-refractivity contribution is 4.92. The summed E-state index contributed by atoms with van der Waals surface area (Å²) in [7, 11) is 6.09. The molecular formula is C22H45N3O3. The highest BCUT2D eigenvalue weighted by Gasteiger charge is 2.38. The lowest BCUT2D eigenvalue weighted by molar-refractivity contribution is -0.112. The number of hydrogen-bond donors (Lipinski definition) is 1. The summed E-state index contributed by atoms with van der Waals surface area (Å²) in [6.07, 6.45) is 5.66. The summed E-state index contributed by atoms with van der Waals surface area (Å²) in [5.41, 5.74) is -0.0704. The third kappa shape index (κ3) is 6.64. The van der Waals surface area contributed by atoms with E-state index in [0.717, 1.165) is 51.9 Å². The van der Waals surface area contributed by atoms with Crippen LogP contribution < -0.4 is 0 Å². The van der Waals surface area contributed by atoms with E-state index >= 15 is 0 Å². The van der Waals surface area contributed by atoms with E-state index in [1.807, 2.05) is 0 Å². The molecule has 1 N–H and O–H groups in total. The van der Waals surface area contributed by atoms with E-state index in [2.05, 4.69) is 49.6 Å². The fourth-order valence-corrected chi connectivity index (χ4v) is 5.00. The summed E-state index contributed by atoms with van der Waals surface area (Å²) in [6.45, 7) is 11.9. The molecule has 4 atom stereocenters. The largest absolute Gasteiger partial charge is 0.395 e. The van der Waals surface area contributed by atoms with Crippen molar-refractivity contribution in [2.24, 2.45) is 0 Å². The van der Waals surface area contributed by atoms with E-state index in [-0.39, 0.29) is 24.4 Å². The van der Waals surface area contributed by atoms with Gasteiger partial charge >= 0.3 is 0 Å². The highest BCUT2D eigenvalue weighted by atomic mass is 16.5. The Hall–Kier alpha value is -0.240.